The Hall–Kier alpha value is -1.50. The average Bonchev–Trinajstić information content (AvgIpc) is 2.37. The van der Waals surface area contributed by atoms with Crippen molar-refractivity contribution in [1.82, 2.24) is 4.72 Å². The molecule has 1 N–H and O–H groups in total. The van der Waals surface area contributed by atoms with Gasteiger partial charge in [0, 0.05) is 23.2 Å². The largest absolute Gasteiger partial charge is 0.240 e. The molecule has 0 amide bonds. The van der Waals surface area contributed by atoms with Crippen molar-refractivity contribution in [1.29, 1.82) is 0 Å². The van der Waals surface area contributed by atoms with Gasteiger partial charge in [-0.05, 0) is 24.3 Å². The normalized spacial score (nSPS) is 11.6. The van der Waals surface area contributed by atoms with E-state index in [4.69, 9.17) is 11.6 Å². The zero-order valence-corrected chi connectivity index (χ0v) is 11.7. The summed E-state index contributed by atoms with van der Waals surface area (Å²) >= 11 is 5.72. The van der Waals surface area contributed by atoms with Crippen molar-refractivity contribution in [3.8, 4) is 0 Å². The fraction of sp³-hybridized carbons (Fsp3) is 0.0769. The van der Waals surface area contributed by atoms with E-state index < -0.39 is 21.7 Å². The molecule has 0 heterocycles. The molecule has 0 unspecified atom stereocenters. The number of hydrogen-bond donors (Lipinski definition) is 1. The smallest absolute Gasteiger partial charge is 0.207 e. The molecule has 0 aliphatic rings. The van der Waals surface area contributed by atoms with Crippen LogP contribution in [0.15, 0.2) is 47.4 Å². The second-order valence-electron chi connectivity index (χ2n) is 4.02. The summed E-state index contributed by atoms with van der Waals surface area (Å²) in [5, 5.41) is 0.279. The van der Waals surface area contributed by atoms with Crippen LogP contribution in [0, 0.1) is 11.6 Å². The summed E-state index contributed by atoms with van der Waals surface area (Å²) in [5.74, 6) is -1.53. The highest BCUT2D eigenvalue weighted by Crippen LogP contribution is 2.16. The van der Waals surface area contributed by atoms with Gasteiger partial charge in [0.25, 0.3) is 0 Å². The molecule has 0 bridgehead atoms. The highest BCUT2D eigenvalue weighted by molar-refractivity contribution is 7.89. The predicted octanol–water partition coefficient (Wildman–Crippen LogP) is 3.10. The van der Waals surface area contributed by atoms with Gasteiger partial charge in [-0.15, -0.1) is 0 Å². The van der Waals surface area contributed by atoms with E-state index in [2.05, 4.69) is 4.72 Å². The highest BCUT2D eigenvalue weighted by atomic mass is 35.5. The number of hydrogen-bond acceptors (Lipinski definition) is 2. The molecule has 2 aromatic carbocycles. The lowest BCUT2D eigenvalue weighted by Gasteiger charge is -2.08. The Labute approximate surface area is 120 Å². The van der Waals surface area contributed by atoms with Crippen LogP contribution in [0.1, 0.15) is 5.56 Å². The Kier molecular flexibility index (Phi) is 4.37. The standard InChI is InChI=1S/C13H10ClF2NO2S/c14-10-2-1-3-12(6-10)20(18,19)17-8-9-4-5-11(15)7-13(9)16/h1-7,17H,8H2. The quantitative estimate of drug-likeness (QED) is 0.942. The first-order chi connectivity index (χ1) is 9.38. The van der Waals surface area contributed by atoms with Crippen LogP contribution in [0.2, 0.25) is 5.02 Å². The van der Waals surface area contributed by atoms with Crippen LogP contribution in [-0.2, 0) is 16.6 Å². The van der Waals surface area contributed by atoms with Crippen molar-refractivity contribution in [3.63, 3.8) is 0 Å². The molecule has 0 saturated carbocycles. The molecule has 0 fully saturated rings. The van der Waals surface area contributed by atoms with E-state index in [1.54, 1.807) is 6.07 Å². The van der Waals surface area contributed by atoms with Gasteiger partial charge in [0.15, 0.2) is 0 Å². The third-order valence-electron chi connectivity index (χ3n) is 2.57. The minimum absolute atomic E-state index is 0.0208. The summed E-state index contributed by atoms with van der Waals surface area (Å²) in [5.41, 5.74) is 0.0528. The van der Waals surface area contributed by atoms with Crippen LogP contribution in [0.3, 0.4) is 0 Å². The third-order valence-corrected chi connectivity index (χ3v) is 4.21. The monoisotopic (exact) mass is 317 g/mol. The van der Waals surface area contributed by atoms with Crippen molar-refractivity contribution >= 4 is 21.6 Å². The lowest BCUT2D eigenvalue weighted by atomic mass is 10.2. The molecule has 0 saturated heterocycles. The Balaban J connectivity index is 2.17. The SMILES string of the molecule is O=S(=O)(NCc1ccc(F)cc1F)c1cccc(Cl)c1. The van der Waals surface area contributed by atoms with Crippen molar-refractivity contribution in [2.45, 2.75) is 11.4 Å². The molecule has 20 heavy (non-hydrogen) atoms. The van der Waals surface area contributed by atoms with E-state index in [0.717, 1.165) is 6.07 Å². The number of rotatable bonds is 4. The molecular formula is C13H10ClF2NO2S. The van der Waals surface area contributed by atoms with Gasteiger partial charge < -0.3 is 0 Å². The Morgan fingerprint density at radius 1 is 1.10 bits per heavy atom. The van der Waals surface area contributed by atoms with Crippen LogP contribution in [0.25, 0.3) is 0 Å². The molecule has 0 aliphatic heterocycles. The summed E-state index contributed by atoms with van der Waals surface area (Å²) in [6.07, 6.45) is 0. The van der Waals surface area contributed by atoms with E-state index in [1.807, 2.05) is 0 Å². The van der Waals surface area contributed by atoms with Gasteiger partial charge in [-0.25, -0.2) is 21.9 Å². The lowest BCUT2D eigenvalue weighted by molar-refractivity contribution is 0.562. The van der Waals surface area contributed by atoms with Gasteiger partial charge >= 0.3 is 0 Å². The summed E-state index contributed by atoms with van der Waals surface area (Å²) < 4.78 is 52.3. The number of halogens is 3. The number of benzene rings is 2. The fourth-order valence-corrected chi connectivity index (χ4v) is 2.86. The Bertz CT molecular complexity index is 735. The molecule has 2 rings (SSSR count). The van der Waals surface area contributed by atoms with Gasteiger partial charge in [0.1, 0.15) is 11.6 Å². The van der Waals surface area contributed by atoms with E-state index in [0.29, 0.717) is 6.07 Å². The van der Waals surface area contributed by atoms with E-state index >= 15 is 0 Å². The van der Waals surface area contributed by atoms with Crippen molar-refractivity contribution in [3.05, 3.63) is 64.7 Å². The van der Waals surface area contributed by atoms with Crippen LogP contribution in [0.5, 0.6) is 0 Å². The molecule has 106 valence electrons. The summed E-state index contributed by atoms with van der Waals surface area (Å²) in [6, 6.07) is 8.63. The molecule has 0 spiro atoms. The fourth-order valence-electron chi connectivity index (χ4n) is 1.56. The van der Waals surface area contributed by atoms with E-state index in [-0.39, 0.29) is 22.0 Å². The summed E-state index contributed by atoms with van der Waals surface area (Å²) in [7, 11) is -3.80. The predicted molar refractivity (Wildman–Crippen MR) is 71.8 cm³/mol. The lowest BCUT2D eigenvalue weighted by Crippen LogP contribution is -2.23. The first kappa shape index (κ1) is 14.9. The zero-order chi connectivity index (χ0) is 14.8. The molecule has 0 aliphatic carbocycles. The van der Waals surface area contributed by atoms with Crippen molar-refractivity contribution in [2.75, 3.05) is 0 Å². The summed E-state index contributed by atoms with van der Waals surface area (Å²) in [4.78, 5) is -0.0208. The maximum atomic E-state index is 13.4. The minimum atomic E-state index is -3.80. The van der Waals surface area contributed by atoms with Crippen molar-refractivity contribution in [2.24, 2.45) is 0 Å². The van der Waals surface area contributed by atoms with Gasteiger partial charge in [0.05, 0.1) is 4.90 Å². The van der Waals surface area contributed by atoms with Crippen LogP contribution in [0.4, 0.5) is 8.78 Å². The maximum Gasteiger partial charge on any atom is 0.240 e. The second-order valence-corrected chi connectivity index (χ2v) is 6.22. The second kappa shape index (κ2) is 5.87. The molecular weight excluding hydrogens is 308 g/mol. The summed E-state index contributed by atoms with van der Waals surface area (Å²) in [6.45, 7) is -0.277. The van der Waals surface area contributed by atoms with Crippen LogP contribution < -0.4 is 4.72 Å². The van der Waals surface area contributed by atoms with Gasteiger partial charge in [-0.3, -0.25) is 0 Å². The molecule has 2 aromatic rings. The van der Waals surface area contributed by atoms with Crippen molar-refractivity contribution < 1.29 is 17.2 Å². The molecule has 0 aromatic heterocycles. The average molecular weight is 318 g/mol. The van der Waals surface area contributed by atoms with Crippen LogP contribution >= 0.6 is 11.6 Å². The minimum Gasteiger partial charge on any atom is -0.207 e. The maximum absolute atomic E-state index is 13.4. The topological polar surface area (TPSA) is 46.2 Å². The Morgan fingerprint density at radius 3 is 2.50 bits per heavy atom. The molecule has 7 heteroatoms. The first-order valence-electron chi connectivity index (χ1n) is 5.58. The van der Waals surface area contributed by atoms with Gasteiger partial charge in [0.2, 0.25) is 10.0 Å². The van der Waals surface area contributed by atoms with E-state index in [1.165, 1.54) is 24.3 Å². The zero-order valence-electron chi connectivity index (χ0n) is 10.1. The molecule has 0 radical (unpaired) electrons. The number of nitrogens with one attached hydrogen (secondary N) is 1. The third kappa shape index (κ3) is 3.53. The highest BCUT2D eigenvalue weighted by Gasteiger charge is 2.15. The number of sulfonamides is 1. The van der Waals surface area contributed by atoms with Crippen LogP contribution in [-0.4, -0.2) is 8.42 Å². The van der Waals surface area contributed by atoms with E-state index in [9.17, 15) is 17.2 Å². The van der Waals surface area contributed by atoms with Gasteiger partial charge in [-0.1, -0.05) is 23.7 Å². The molecule has 0 atom stereocenters. The molecule has 3 nitrogen and oxygen atoms in total. The first-order valence-corrected chi connectivity index (χ1v) is 7.44. The Morgan fingerprint density at radius 2 is 1.85 bits per heavy atom. The van der Waals surface area contributed by atoms with Gasteiger partial charge in [-0.2, -0.15) is 0 Å².